The fourth-order valence-corrected chi connectivity index (χ4v) is 3.45. The number of fused-ring (bicyclic) bond motifs is 1. The van der Waals surface area contributed by atoms with Gasteiger partial charge in [-0.2, -0.15) is 5.26 Å². The highest BCUT2D eigenvalue weighted by molar-refractivity contribution is 6.07. The van der Waals surface area contributed by atoms with Crippen molar-refractivity contribution >= 4 is 22.7 Å². The van der Waals surface area contributed by atoms with Crippen LogP contribution in [-0.4, -0.2) is 16.8 Å². The Morgan fingerprint density at radius 2 is 1.74 bits per heavy atom. The van der Waals surface area contributed by atoms with Gasteiger partial charge in [-0.1, -0.05) is 48.5 Å². The minimum Gasteiger partial charge on any atom is -0.319 e. The van der Waals surface area contributed by atoms with Gasteiger partial charge in [0.1, 0.15) is 5.54 Å². The zero-order valence-electron chi connectivity index (χ0n) is 14.8. The quantitative estimate of drug-likeness (QED) is 0.729. The fourth-order valence-electron chi connectivity index (χ4n) is 3.45. The Balaban J connectivity index is 1.65. The second-order valence-corrected chi connectivity index (χ2v) is 6.82. The molecule has 1 aliphatic heterocycles. The number of nitriles is 1. The summed E-state index contributed by atoms with van der Waals surface area (Å²) in [6, 6.07) is 22.2. The standard InChI is InChI=1S/C22H17N3O2/c1-22(19-5-3-2-4-6-19)20(26)25(21(27)24-22)14-16-8-10-17-9-7-15(13-23)11-18(17)12-16/h2-12H,14H2,1H3,(H,24,27). The third-order valence-corrected chi connectivity index (χ3v) is 5.00. The van der Waals surface area contributed by atoms with Gasteiger partial charge in [0.15, 0.2) is 0 Å². The molecule has 4 rings (SSSR count). The normalized spacial score (nSPS) is 19.2. The topological polar surface area (TPSA) is 73.2 Å². The van der Waals surface area contributed by atoms with Crippen LogP contribution in [-0.2, 0) is 16.9 Å². The number of nitrogens with zero attached hydrogens (tertiary/aromatic N) is 2. The van der Waals surface area contributed by atoms with Crippen molar-refractivity contribution in [1.29, 1.82) is 5.26 Å². The highest BCUT2D eigenvalue weighted by Crippen LogP contribution is 2.30. The summed E-state index contributed by atoms with van der Waals surface area (Å²) in [5, 5.41) is 13.8. The van der Waals surface area contributed by atoms with E-state index in [1.165, 1.54) is 4.90 Å². The van der Waals surface area contributed by atoms with E-state index in [0.29, 0.717) is 5.56 Å². The maximum Gasteiger partial charge on any atom is 0.325 e. The molecule has 3 aromatic rings. The van der Waals surface area contributed by atoms with Gasteiger partial charge in [-0.05, 0) is 47.0 Å². The fraction of sp³-hybridized carbons (Fsp3) is 0.136. The number of carbonyl (C=O) groups excluding carboxylic acids is 2. The molecule has 3 aromatic carbocycles. The molecule has 3 amide bonds. The first-order chi connectivity index (χ1) is 13.0. The Kier molecular flexibility index (Phi) is 3.89. The zero-order chi connectivity index (χ0) is 19.0. The van der Waals surface area contributed by atoms with Gasteiger partial charge in [-0.15, -0.1) is 0 Å². The molecule has 1 N–H and O–H groups in total. The van der Waals surface area contributed by atoms with Crippen LogP contribution in [0.4, 0.5) is 4.79 Å². The summed E-state index contributed by atoms with van der Waals surface area (Å²) in [5.74, 6) is -0.274. The van der Waals surface area contributed by atoms with Gasteiger partial charge >= 0.3 is 6.03 Å². The average molecular weight is 355 g/mol. The van der Waals surface area contributed by atoms with Crippen LogP contribution in [0.15, 0.2) is 66.7 Å². The number of imide groups is 1. The van der Waals surface area contributed by atoms with E-state index < -0.39 is 11.6 Å². The molecular formula is C22H17N3O2. The summed E-state index contributed by atoms with van der Waals surface area (Å²) in [6.45, 7) is 1.90. The molecule has 0 radical (unpaired) electrons. The molecule has 1 fully saturated rings. The lowest BCUT2D eigenvalue weighted by Crippen LogP contribution is -2.40. The monoisotopic (exact) mass is 355 g/mol. The molecule has 1 heterocycles. The third kappa shape index (κ3) is 2.81. The van der Waals surface area contributed by atoms with E-state index >= 15 is 0 Å². The molecule has 27 heavy (non-hydrogen) atoms. The van der Waals surface area contributed by atoms with Gasteiger partial charge < -0.3 is 5.32 Å². The second-order valence-electron chi connectivity index (χ2n) is 6.82. The number of hydrogen-bond acceptors (Lipinski definition) is 3. The Labute approximate surface area is 156 Å². The van der Waals surface area contributed by atoms with E-state index in [0.717, 1.165) is 21.9 Å². The molecule has 5 nitrogen and oxygen atoms in total. The summed E-state index contributed by atoms with van der Waals surface area (Å²) in [7, 11) is 0. The van der Waals surface area contributed by atoms with Gasteiger partial charge in [0.2, 0.25) is 0 Å². The molecule has 0 aliphatic carbocycles. The van der Waals surface area contributed by atoms with Crippen LogP contribution >= 0.6 is 0 Å². The van der Waals surface area contributed by atoms with E-state index in [4.69, 9.17) is 5.26 Å². The van der Waals surface area contributed by atoms with E-state index in [1.54, 1.807) is 19.1 Å². The van der Waals surface area contributed by atoms with Crippen LogP contribution in [0.5, 0.6) is 0 Å². The van der Waals surface area contributed by atoms with Crippen molar-refractivity contribution in [3.05, 3.63) is 83.4 Å². The summed E-state index contributed by atoms with van der Waals surface area (Å²) in [5.41, 5.74) is 1.09. The Hall–Kier alpha value is -3.65. The maximum absolute atomic E-state index is 13.0. The minimum absolute atomic E-state index is 0.180. The lowest BCUT2D eigenvalue weighted by molar-refractivity contribution is -0.131. The lowest BCUT2D eigenvalue weighted by atomic mass is 9.92. The van der Waals surface area contributed by atoms with Gasteiger partial charge in [-0.25, -0.2) is 4.79 Å². The Morgan fingerprint density at radius 3 is 2.48 bits per heavy atom. The lowest BCUT2D eigenvalue weighted by Gasteiger charge is -2.22. The largest absolute Gasteiger partial charge is 0.325 e. The van der Waals surface area contributed by atoms with E-state index in [9.17, 15) is 9.59 Å². The van der Waals surface area contributed by atoms with Crippen LogP contribution < -0.4 is 5.32 Å². The molecule has 0 saturated carbocycles. The first kappa shape index (κ1) is 16.8. The molecule has 1 aliphatic rings. The molecule has 132 valence electrons. The molecule has 1 saturated heterocycles. The number of urea groups is 1. The highest BCUT2D eigenvalue weighted by Gasteiger charge is 2.48. The molecule has 0 aromatic heterocycles. The van der Waals surface area contributed by atoms with Crippen molar-refractivity contribution in [2.24, 2.45) is 0 Å². The van der Waals surface area contributed by atoms with Crippen molar-refractivity contribution < 1.29 is 9.59 Å². The number of nitrogens with one attached hydrogen (secondary N) is 1. The van der Waals surface area contributed by atoms with Crippen molar-refractivity contribution in [3.63, 3.8) is 0 Å². The average Bonchev–Trinajstić information content (AvgIpc) is 2.92. The first-order valence-electron chi connectivity index (χ1n) is 8.64. The third-order valence-electron chi connectivity index (χ3n) is 5.00. The molecule has 1 unspecified atom stereocenters. The maximum atomic E-state index is 13.0. The predicted octanol–water partition coefficient (Wildman–Crippen LogP) is 3.68. The van der Waals surface area contributed by atoms with Gasteiger partial charge in [0.05, 0.1) is 18.2 Å². The van der Waals surface area contributed by atoms with Gasteiger partial charge in [0.25, 0.3) is 5.91 Å². The van der Waals surface area contributed by atoms with Crippen molar-refractivity contribution in [2.75, 3.05) is 0 Å². The number of hydrogen-bond donors (Lipinski definition) is 1. The van der Waals surface area contributed by atoms with Crippen molar-refractivity contribution in [3.8, 4) is 6.07 Å². The molecule has 5 heteroatoms. The second kappa shape index (κ2) is 6.26. The molecule has 0 spiro atoms. The Bertz CT molecular complexity index is 1100. The molecule has 0 bridgehead atoms. The summed E-state index contributed by atoms with van der Waals surface area (Å²) < 4.78 is 0. The minimum atomic E-state index is -1.07. The number of amides is 3. The van der Waals surface area contributed by atoms with E-state index in [2.05, 4.69) is 11.4 Å². The number of benzene rings is 3. The number of carbonyl (C=O) groups is 2. The predicted molar refractivity (Wildman–Crippen MR) is 102 cm³/mol. The van der Waals surface area contributed by atoms with Gasteiger partial charge in [0, 0.05) is 0 Å². The first-order valence-corrected chi connectivity index (χ1v) is 8.64. The van der Waals surface area contributed by atoms with Crippen LogP contribution in [0, 0.1) is 11.3 Å². The van der Waals surface area contributed by atoms with Crippen LogP contribution in [0.3, 0.4) is 0 Å². The van der Waals surface area contributed by atoms with Crippen molar-refractivity contribution in [2.45, 2.75) is 19.0 Å². The summed E-state index contributed by atoms with van der Waals surface area (Å²) in [4.78, 5) is 26.7. The van der Waals surface area contributed by atoms with Crippen molar-refractivity contribution in [1.82, 2.24) is 10.2 Å². The van der Waals surface area contributed by atoms with E-state index in [-0.39, 0.29) is 12.5 Å². The van der Waals surface area contributed by atoms with Crippen LogP contribution in [0.2, 0.25) is 0 Å². The smallest absolute Gasteiger partial charge is 0.319 e. The molecular weight excluding hydrogens is 338 g/mol. The van der Waals surface area contributed by atoms with Crippen LogP contribution in [0.1, 0.15) is 23.6 Å². The SMILES string of the molecule is CC1(c2ccccc2)NC(=O)N(Cc2ccc3ccc(C#N)cc3c2)C1=O. The Morgan fingerprint density at radius 1 is 1.00 bits per heavy atom. The summed E-state index contributed by atoms with van der Waals surface area (Å²) in [6.07, 6.45) is 0. The van der Waals surface area contributed by atoms with Gasteiger partial charge in [-0.3, -0.25) is 9.69 Å². The molecule has 1 atom stereocenters. The zero-order valence-corrected chi connectivity index (χ0v) is 14.8. The summed E-state index contributed by atoms with van der Waals surface area (Å²) >= 11 is 0. The number of rotatable bonds is 3. The van der Waals surface area contributed by atoms with Crippen LogP contribution in [0.25, 0.3) is 10.8 Å². The van der Waals surface area contributed by atoms with E-state index in [1.807, 2.05) is 54.6 Å². The highest BCUT2D eigenvalue weighted by atomic mass is 16.2.